The molecule has 0 fully saturated rings. The SMILES string of the molecule is N#Cc1ccc2c(c1)c1ccccc1n2-c1cc(-c2cccc(C#N)c2[Si](c2ccccc2)(c2ccccc2)c2ccccc2)ccc1C#N. The lowest BCUT2D eigenvalue weighted by molar-refractivity contribution is 1.17. The minimum Gasteiger partial charge on any atom is -0.308 e. The van der Waals surface area contributed by atoms with Crippen LogP contribution in [0.2, 0.25) is 0 Å². The van der Waals surface area contributed by atoms with E-state index in [1.165, 1.54) is 15.6 Å². The van der Waals surface area contributed by atoms with Crippen molar-refractivity contribution in [2.45, 2.75) is 0 Å². The molecule has 0 amide bonds. The molecular formula is C45H28N4Si. The molecule has 0 saturated carbocycles. The van der Waals surface area contributed by atoms with Crippen molar-refractivity contribution in [1.29, 1.82) is 15.8 Å². The Hall–Kier alpha value is -6.97. The van der Waals surface area contributed by atoms with Crippen molar-refractivity contribution in [3.05, 3.63) is 187 Å². The van der Waals surface area contributed by atoms with Crippen molar-refractivity contribution in [2.75, 3.05) is 0 Å². The van der Waals surface area contributed by atoms with Crippen LogP contribution in [0.4, 0.5) is 0 Å². The van der Waals surface area contributed by atoms with Gasteiger partial charge in [0.25, 0.3) is 0 Å². The van der Waals surface area contributed by atoms with Crippen LogP contribution in [0, 0.1) is 34.0 Å². The molecule has 0 radical (unpaired) electrons. The van der Waals surface area contributed by atoms with Crippen LogP contribution < -0.4 is 20.7 Å². The number of fused-ring (bicyclic) bond motifs is 3. The van der Waals surface area contributed by atoms with Gasteiger partial charge in [-0.15, -0.1) is 0 Å². The first-order valence-electron chi connectivity index (χ1n) is 16.4. The van der Waals surface area contributed by atoms with Gasteiger partial charge < -0.3 is 4.57 Å². The first-order valence-corrected chi connectivity index (χ1v) is 18.4. The molecule has 5 heteroatoms. The second kappa shape index (κ2) is 12.6. The van der Waals surface area contributed by atoms with Gasteiger partial charge in [-0.05, 0) is 74.3 Å². The smallest absolute Gasteiger partial charge is 0.181 e. The highest BCUT2D eigenvalue weighted by molar-refractivity contribution is 7.20. The van der Waals surface area contributed by atoms with Gasteiger partial charge >= 0.3 is 0 Å². The van der Waals surface area contributed by atoms with Crippen molar-refractivity contribution in [3.63, 3.8) is 0 Å². The van der Waals surface area contributed by atoms with Crippen LogP contribution in [0.1, 0.15) is 16.7 Å². The summed E-state index contributed by atoms with van der Waals surface area (Å²) in [6, 6.07) is 64.8. The van der Waals surface area contributed by atoms with Gasteiger partial charge in [0.1, 0.15) is 6.07 Å². The lowest BCUT2D eigenvalue weighted by Crippen LogP contribution is -2.75. The van der Waals surface area contributed by atoms with Crippen molar-refractivity contribution in [1.82, 2.24) is 4.57 Å². The maximum Gasteiger partial charge on any atom is 0.181 e. The molecule has 7 aromatic carbocycles. The van der Waals surface area contributed by atoms with Gasteiger partial charge in [0, 0.05) is 10.8 Å². The van der Waals surface area contributed by atoms with Crippen molar-refractivity contribution < 1.29 is 0 Å². The Kier molecular flexibility index (Phi) is 7.63. The van der Waals surface area contributed by atoms with E-state index in [9.17, 15) is 15.8 Å². The zero-order valence-electron chi connectivity index (χ0n) is 27.0. The number of aromatic nitrogens is 1. The van der Waals surface area contributed by atoms with Crippen molar-refractivity contribution in [3.8, 4) is 35.0 Å². The summed E-state index contributed by atoms with van der Waals surface area (Å²) in [5, 5.41) is 37.5. The van der Waals surface area contributed by atoms with Gasteiger partial charge in [-0.1, -0.05) is 127 Å². The van der Waals surface area contributed by atoms with Gasteiger partial charge in [0.15, 0.2) is 8.07 Å². The topological polar surface area (TPSA) is 76.3 Å². The van der Waals surface area contributed by atoms with E-state index in [0.717, 1.165) is 43.8 Å². The molecule has 4 nitrogen and oxygen atoms in total. The highest BCUT2D eigenvalue weighted by Crippen LogP contribution is 2.35. The molecule has 0 bridgehead atoms. The standard InChI is InChI=1S/C45H28N4Si/c46-29-32-23-26-43-41(27-32)40-20-10-11-22-42(40)49(43)44-28-33(24-25-34(44)30-47)39-21-12-13-35(31-48)45(39)50(36-14-4-1-5-15-36,37-16-6-2-7-17-37)38-18-8-3-9-19-38/h1-28H. The molecule has 0 aliphatic rings. The molecule has 1 heterocycles. The summed E-state index contributed by atoms with van der Waals surface area (Å²) in [4.78, 5) is 0. The molecule has 0 aliphatic carbocycles. The van der Waals surface area contributed by atoms with E-state index in [2.05, 4.69) is 120 Å². The third-order valence-corrected chi connectivity index (χ3v) is 14.5. The summed E-state index contributed by atoms with van der Waals surface area (Å²) in [5.41, 5.74) is 6.17. The number of para-hydroxylation sites is 1. The lowest BCUT2D eigenvalue weighted by Gasteiger charge is -2.36. The maximum absolute atomic E-state index is 10.9. The van der Waals surface area contributed by atoms with Crippen LogP contribution in [0.25, 0.3) is 38.6 Å². The van der Waals surface area contributed by atoms with E-state index in [4.69, 9.17) is 0 Å². The predicted molar refractivity (Wildman–Crippen MR) is 204 cm³/mol. The zero-order chi connectivity index (χ0) is 34.1. The highest BCUT2D eigenvalue weighted by Gasteiger charge is 2.44. The van der Waals surface area contributed by atoms with Crippen LogP contribution >= 0.6 is 0 Å². The predicted octanol–water partition coefficient (Wildman–Crippen LogP) is 7.44. The first-order chi connectivity index (χ1) is 24.7. The van der Waals surface area contributed by atoms with Gasteiger partial charge in [-0.25, -0.2) is 0 Å². The molecule has 8 aromatic rings. The molecule has 0 unspecified atom stereocenters. The molecule has 0 atom stereocenters. The summed E-state index contributed by atoms with van der Waals surface area (Å²) in [5.74, 6) is 0. The van der Waals surface area contributed by atoms with Crippen LogP contribution in [-0.4, -0.2) is 12.6 Å². The Labute approximate surface area is 291 Å². The largest absolute Gasteiger partial charge is 0.308 e. The summed E-state index contributed by atoms with van der Waals surface area (Å²) in [6.45, 7) is 0. The van der Waals surface area contributed by atoms with E-state index in [1.54, 1.807) is 0 Å². The minimum atomic E-state index is -3.12. The number of nitrogens with zero attached hydrogens (tertiary/aromatic N) is 4. The normalized spacial score (nSPS) is 11.1. The maximum atomic E-state index is 10.9. The average Bonchev–Trinajstić information content (AvgIpc) is 3.52. The summed E-state index contributed by atoms with van der Waals surface area (Å²) < 4.78 is 2.12. The number of hydrogen-bond acceptors (Lipinski definition) is 3. The van der Waals surface area contributed by atoms with E-state index < -0.39 is 8.07 Å². The molecular weight excluding hydrogens is 625 g/mol. The molecule has 50 heavy (non-hydrogen) atoms. The average molecular weight is 653 g/mol. The van der Waals surface area contributed by atoms with Crippen LogP contribution in [0.15, 0.2) is 170 Å². The van der Waals surface area contributed by atoms with Crippen molar-refractivity contribution >= 4 is 50.6 Å². The van der Waals surface area contributed by atoms with Gasteiger partial charge in [-0.3, -0.25) is 0 Å². The quantitative estimate of drug-likeness (QED) is 0.138. The third kappa shape index (κ3) is 4.72. The number of rotatable bonds is 6. The van der Waals surface area contributed by atoms with E-state index in [0.29, 0.717) is 16.7 Å². The Morgan fingerprint density at radius 2 is 1.02 bits per heavy atom. The monoisotopic (exact) mass is 652 g/mol. The molecule has 0 saturated heterocycles. The molecule has 8 rings (SSSR count). The molecule has 0 spiro atoms. The summed E-state index contributed by atoms with van der Waals surface area (Å²) >= 11 is 0. The van der Waals surface area contributed by atoms with Gasteiger partial charge in [-0.2, -0.15) is 15.8 Å². The molecule has 0 aliphatic heterocycles. The van der Waals surface area contributed by atoms with E-state index in [-0.39, 0.29) is 0 Å². The second-order valence-electron chi connectivity index (χ2n) is 12.2. The van der Waals surface area contributed by atoms with Crippen molar-refractivity contribution in [2.24, 2.45) is 0 Å². The number of hydrogen-bond donors (Lipinski definition) is 0. The van der Waals surface area contributed by atoms with Crippen LogP contribution in [0.3, 0.4) is 0 Å². The summed E-state index contributed by atoms with van der Waals surface area (Å²) in [6.07, 6.45) is 0. The fraction of sp³-hybridized carbons (Fsp3) is 0. The summed E-state index contributed by atoms with van der Waals surface area (Å²) in [7, 11) is -3.12. The molecule has 0 N–H and O–H groups in total. The Balaban J connectivity index is 1.49. The Morgan fingerprint density at radius 3 is 1.62 bits per heavy atom. The third-order valence-electron chi connectivity index (χ3n) is 9.65. The molecule has 232 valence electrons. The second-order valence-corrected chi connectivity index (χ2v) is 16.0. The Bertz CT molecular complexity index is 2580. The zero-order valence-corrected chi connectivity index (χ0v) is 28.0. The highest BCUT2D eigenvalue weighted by atomic mass is 28.3. The first kappa shape index (κ1) is 30.4. The minimum absolute atomic E-state index is 0.524. The van der Waals surface area contributed by atoms with E-state index in [1.807, 2.05) is 72.8 Å². The van der Waals surface area contributed by atoms with E-state index >= 15 is 0 Å². The number of nitriles is 3. The molecule has 1 aromatic heterocycles. The van der Waals surface area contributed by atoms with Gasteiger partial charge in [0.2, 0.25) is 0 Å². The Morgan fingerprint density at radius 1 is 0.440 bits per heavy atom. The fourth-order valence-electron chi connectivity index (χ4n) is 7.57. The van der Waals surface area contributed by atoms with Gasteiger partial charge in [0.05, 0.1) is 45.5 Å². The lowest BCUT2D eigenvalue weighted by atomic mass is 10.00. The van der Waals surface area contributed by atoms with Crippen LogP contribution in [0.5, 0.6) is 0 Å². The van der Waals surface area contributed by atoms with Crippen LogP contribution in [-0.2, 0) is 0 Å². The fourth-order valence-corrected chi connectivity index (χ4v) is 12.7. The number of benzene rings is 7.